The lowest BCUT2D eigenvalue weighted by atomic mass is 10.2. The number of H-pyrrole nitrogens is 1. The second-order valence-corrected chi connectivity index (χ2v) is 10.6. The summed E-state index contributed by atoms with van der Waals surface area (Å²) in [5, 5.41) is 22.6. The third-order valence-corrected chi connectivity index (χ3v) is 7.53. The number of anilines is 3. The standard InChI is InChI=1S/C29H30Cl2N8O6/c30-26-21(34-29(43)36-24-16-25(41)37-39(24)19-3-1-18(17-40)2-4-19)5-6-22(27(26)31)45-20-7-8-32-23(15-20)35-28(42)33-9-10-38-11-13-44-14-12-38/h1-8,15-16,40H,9-14,17H2,(H,37,41)(H2,34,36,43)(H2,32,33,35,42). The van der Waals surface area contributed by atoms with E-state index in [0.29, 0.717) is 43.3 Å². The Morgan fingerprint density at radius 2 is 1.76 bits per heavy atom. The molecule has 1 saturated heterocycles. The number of benzene rings is 2. The highest BCUT2D eigenvalue weighted by Gasteiger charge is 2.17. The van der Waals surface area contributed by atoms with Gasteiger partial charge in [0, 0.05) is 44.5 Å². The summed E-state index contributed by atoms with van der Waals surface area (Å²) >= 11 is 12.9. The van der Waals surface area contributed by atoms with Gasteiger partial charge in [-0.05, 0) is 35.9 Å². The second-order valence-electron chi connectivity index (χ2n) is 9.80. The summed E-state index contributed by atoms with van der Waals surface area (Å²) in [7, 11) is 0. The number of nitrogens with zero attached hydrogens (tertiary/aromatic N) is 3. The molecule has 0 bridgehead atoms. The maximum atomic E-state index is 12.8. The lowest BCUT2D eigenvalue weighted by molar-refractivity contribution is 0.0388. The molecule has 2 aromatic carbocycles. The van der Waals surface area contributed by atoms with Crippen LogP contribution < -0.4 is 31.6 Å². The number of aliphatic hydroxyl groups excluding tert-OH is 1. The number of hydrogen-bond acceptors (Lipinski definition) is 8. The molecule has 45 heavy (non-hydrogen) atoms. The van der Waals surface area contributed by atoms with E-state index in [1.807, 2.05) is 0 Å². The number of halogens is 2. The number of morpholine rings is 1. The van der Waals surface area contributed by atoms with Gasteiger partial charge in [0.15, 0.2) is 0 Å². The van der Waals surface area contributed by atoms with Crippen molar-refractivity contribution in [3.05, 3.63) is 86.8 Å². The van der Waals surface area contributed by atoms with E-state index in [1.165, 1.54) is 35.1 Å². The van der Waals surface area contributed by atoms with Gasteiger partial charge >= 0.3 is 12.1 Å². The number of carbonyl (C=O) groups excluding carboxylic acids is 2. The zero-order valence-electron chi connectivity index (χ0n) is 23.8. The van der Waals surface area contributed by atoms with Crippen LogP contribution in [0.5, 0.6) is 11.5 Å². The third-order valence-electron chi connectivity index (χ3n) is 6.66. The van der Waals surface area contributed by atoms with E-state index in [4.69, 9.17) is 32.7 Å². The van der Waals surface area contributed by atoms with Crippen molar-refractivity contribution in [2.75, 3.05) is 55.3 Å². The number of amides is 4. The van der Waals surface area contributed by atoms with Gasteiger partial charge in [0.1, 0.15) is 28.2 Å². The van der Waals surface area contributed by atoms with Gasteiger partial charge in [0.25, 0.3) is 5.56 Å². The van der Waals surface area contributed by atoms with E-state index < -0.39 is 17.6 Å². The summed E-state index contributed by atoms with van der Waals surface area (Å²) in [5.41, 5.74) is 1.01. The van der Waals surface area contributed by atoms with Crippen LogP contribution in [0, 0.1) is 0 Å². The minimum absolute atomic E-state index is 0.0161. The molecule has 1 aliphatic heterocycles. The maximum absolute atomic E-state index is 12.8. The topological polar surface area (TPSA) is 175 Å². The van der Waals surface area contributed by atoms with Gasteiger partial charge in [-0.15, -0.1) is 0 Å². The first-order chi connectivity index (χ1) is 21.8. The van der Waals surface area contributed by atoms with Crippen LogP contribution in [0.15, 0.2) is 65.6 Å². The van der Waals surface area contributed by atoms with Crippen LogP contribution in [0.4, 0.5) is 26.9 Å². The fraction of sp³-hybridized carbons (Fsp3) is 0.241. The van der Waals surface area contributed by atoms with Crippen molar-refractivity contribution in [1.82, 2.24) is 25.0 Å². The highest BCUT2D eigenvalue weighted by molar-refractivity contribution is 6.45. The molecule has 0 saturated carbocycles. The Kier molecular flexibility index (Phi) is 10.5. The Bertz CT molecular complexity index is 1710. The van der Waals surface area contributed by atoms with Crippen LogP contribution >= 0.6 is 23.2 Å². The van der Waals surface area contributed by atoms with Crippen molar-refractivity contribution in [1.29, 1.82) is 0 Å². The Labute approximate surface area is 267 Å². The lowest BCUT2D eigenvalue weighted by Crippen LogP contribution is -2.42. The molecule has 14 nitrogen and oxygen atoms in total. The summed E-state index contributed by atoms with van der Waals surface area (Å²) in [6.07, 6.45) is 1.47. The normalized spacial score (nSPS) is 13.2. The molecule has 236 valence electrons. The quantitative estimate of drug-likeness (QED) is 0.147. The molecule has 0 unspecified atom stereocenters. The summed E-state index contributed by atoms with van der Waals surface area (Å²) in [6, 6.07) is 13.0. The zero-order chi connectivity index (χ0) is 31.8. The number of urea groups is 2. The van der Waals surface area contributed by atoms with Gasteiger partial charge in [-0.25, -0.2) is 19.3 Å². The van der Waals surface area contributed by atoms with Crippen molar-refractivity contribution in [2.24, 2.45) is 0 Å². The zero-order valence-corrected chi connectivity index (χ0v) is 25.3. The summed E-state index contributed by atoms with van der Waals surface area (Å²) in [5.74, 6) is 0.971. The highest BCUT2D eigenvalue weighted by atomic mass is 35.5. The van der Waals surface area contributed by atoms with Crippen molar-refractivity contribution < 1.29 is 24.2 Å². The number of aromatic nitrogens is 3. The van der Waals surface area contributed by atoms with Crippen molar-refractivity contribution in [3.63, 3.8) is 0 Å². The van der Waals surface area contributed by atoms with E-state index in [-0.39, 0.29) is 39.7 Å². The Morgan fingerprint density at radius 3 is 2.51 bits per heavy atom. The van der Waals surface area contributed by atoms with Gasteiger partial charge < -0.3 is 25.2 Å². The van der Waals surface area contributed by atoms with Crippen molar-refractivity contribution in [3.8, 4) is 17.2 Å². The number of pyridine rings is 1. The first-order valence-corrected chi connectivity index (χ1v) is 14.6. The average molecular weight is 658 g/mol. The monoisotopic (exact) mass is 656 g/mol. The number of nitrogens with one attached hydrogen (secondary N) is 5. The molecule has 1 aliphatic rings. The smallest absolute Gasteiger partial charge is 0.324 e. The van der Waals surface area contributed by atoms with Crippen LogP contribution in [0.3, 0.4) is 0 Å². The predicted molar refractivity (Wildman–Crippen MR) is 170 cm³/mol. The second kappa shape index (κ2) is 14.9. The summed E-state index contributed by atoms with van der Waals surface area (Å²) in [4.78, 5) is 43.5. The highest BCUT2D eigenvalue weighted by Crippen LogP contribution is 2.39. The first kappa shape index (κ1) is 31.8. The molecule has 0 atom stereocenters. The first-order valence-electron chi connectivity index (χ1n) is 13.9. The minimum Gasteiger partial charge on any atom is -0.456 e. The molecule has 1 fully saturated rings. The SMILES string of the molecule is O=C(NCCN1CCOCC1)Nc1cc(Oc2ccc(NC(=O)Nc3cc(=O)[nH]n3-c3ccc(CO)cc3)c(Cl)c2Cl)ccn1. The van der Waals surface area contributed by atoms with Crippen molar-refractivity contribution >= 4 is 52.6 Å². The third kappa shape index (κ3) is 8.53. The molecule has 4 amide bonds. The number of rotatable bonds is 10. The van der Waals surface area contributed by atoms with E-state index >= 15 is 0 Å². The largest absolute Gasteiger partial charge is 0.456 e. The lowest BCUT2D eigenvalue weighted by Gasteiger charge is -2.26. The number of carbonyl (C=O) groups is 2. The molecule has 0 radical (unpaired) electrons. The van der Waals surface area contributed by atoms with Crippen LogP contribution in [-0.4, -0.2) is 76.2 Å². The number of hydrogen-bond donors (Lipinski definition) is 6. The predicted octanol–water partition coefficient (Wildman–Crippen LogP) is 4.25. The van der Waals surface area contributed by atoms with Gasteiger partial charge in [0.2, 0.25) is 0 Å². The van der Waals surface area contributed by atoms with E-state index in [9.17, 15) is 19.5 Å². The van der Waals surface area contributed by atoms with Crippen molar-refractivity contribution in [2.45, 2.75) is 6.61 Å². The van der Waals surface area contributed by atoms with Gasteiger partial charge in [-0.3, -0.25) is 25.4 Å². The van der Waals surface area contributed by atoms with E-state index in [0.717, 1.165) is 13.1 Å². The molecule has 0 aliphatic carbocycles. The molecule has 2 aromatic heterocycles. The van der Waals surface area contributed by atoms with Crippen LogP contribution in [-0.2, 0) is 11.3 Å². The minimum atomic E-state index is -0.686. The molecule has 3 heterocycles. The number of aliphatic hydroxyl groups is 1. The average Bonchev–Trinajstić information content (AvgIpc) is 3.41. The summed E-state index contributed by atoms with van der Waals surface area (Å²) in [6.45, 7) is 4.11. The number of aromatic amines is 1. The Morgan fingerprint density at radius 1 is 0.978 bits per heavy atom. The van der Waals surface area contributed by atoms with E-state index in [2.05, 4.69) is 36.2 Å². The molecular formula is C29H30Cl2N8O6. The van der Waals surface area contributed by atoms with Crippen LogP contribution in [0.25, 0.3) is 5.69 Å². The maximum Gasteiger partial charge on any atom is 0.324 e. The summed E-state index contributed by atoms with van der Waals surface area (Å²) < 4.78 is 12.6. The molecular weight excluding hydrogens is 627 g/mol. The van der Waals surface area contributed by atoms with E-state index in [1.54, 1.807) is 30.3 Å². The van der Waals surface area contributed by atoms with Gasteiger partial charge in [-0.2, -0.15) is 0 Å². The Hall–Kier alpha value is -4.60. The molecule has 16 heteroatoms. The fourth-order valence-corrected chi connectivity index (χ4v) is 4.80. The van der Waals surface area contributed by atoms with Gasteiger partial charge in [0.05, 0.1) is 36.2 Å². The molecule has 0 spiro atoms. The fourth-order valence-electron chi connectivity index (χ4n) is 4.40. The van der Waals surface area contributed by atoms with Crippen LogP contribution in [0.2, 0.25) is 10.0 Å². The Balaban J connectivity index is 1.18. The van der Waals surface area contributed by atoms with Crippen LogP contribution in [0.1, 0.15) is 5.56 Å². The van der Waals surface area contributed by atoms with Gasteiger partial charge in [-0.1, -0.05) is 35.3 Å². The molecule has 6 N–H and O–H groups in total. The number of ether oxygens (including phenoxy) is 2. The molecule has 4 aromatic rings. The molecule has 5 rings (SSSR count).